The largest absolute Gasteiger partial charge is 0.461 e. The van der Waals surface area contributed by atoms with Crippen molar-refractivity contribution in [1.29, 1.82) is 0 Å². The van der Waals surface area contributed by atoms with Crippen LogP contribution in [0.25, 0.3) is 0 Å². The smallest absolute Gasteiger partial charge is 0.312 e. The Hall–Kier alpha value is -3.84. The highest BCUT2D eigenvalue weighted by Gasteiger charge is 2.52. The number of ether oxygens (including phenoxy) is 4. The molecule has 13 nitrogen and oxygen atoms in total. The number of halogens is 4. The van der Waals surface area contributed by atoms with Crippen molar-refractivity contribution in [2.24, 2.45) is 33.9 Å². The molecule has 62 heavy (non-hydrogen) atoms. The first-order valence-electron chi connectivity index (χ1n) is 21.0. The molecule has 0 aliphatic carbocycles. The molecular weight excluding hydrogens is 818 g/mol. The number of cyclic esters (lactones) is 1. The molecule has 0 radical (unpaired) electrons. The average molecular weight is 882 g/mol. The third kappa shape index (κ3) is 11.8. The number of hydrogen-bond acceptors (Lipinski definition) is 13. The number of benzene rings is 2. The third-order valence-corrected chi connectivity index (χ3v) is 12.3. The van der Waals surface area contributed by atoms with Gasteiger partial charge in [-0.15, -0.1) is 0 Å². The second kappa shape index (κ2) is 20.8. The molecule has 4 N–H and O–H groups in total. The molecule has 2 fully saturated rings. The molecule has 2 aromatic carbocycles. The molecule has 17 heteroatoms. The molecule has 4 rings (SSSR count). The zero-order chi connectivity index (χ0) is 46.6. The van der Waals surface area contributed by atoms with Gasteiger partial charge < -0.3 is 44.3 Å². The van der Waals surface area contributed by atoms with Crippen molar-refractivity contribution in [3.63, 3.8) is 0 Å². The van der Waals surface area contributed by atoms with Crippen LogP contribution in [0.2, 0.25) is 0 Å². The van der Waals surface area contributed by atoms with Crippen LogP contribution in [-0.4, -0.2) is 123 Å². The van der Waals surface area contributed by atoms with Gasteiger partial charge in [-0.3, -0.25) is 9.59 Å². The average Bonchev–Trinajstić information content (AvgIpc) is 3.19. The van der Waals surface area contributed by atoms with E-state index in [1.165, 1.54) is 45.0 Å². The lowest BCUT2D eigenvalue weighted by atomic mass is 9.73. The fourth-order valence-corrected chi connectivity index (χ4v) is 8.76. The van der Waals surface area contributed by atoms with Gasteiger partial charge >= 0.3 is 11.9 Å². The standard InChI is InChI=1S/C45H63F4N3O10/c1-12-34-45(9,58)40(55)24(4)37(51-50-27(7)29-13-15-30(46)16-14-29)22(2)21-44(8,57)41(62-43-38(54)33(52(10)11)17-23(3)59-43)25(5)39(26(6)42(56)60-34)61-35(53)20-28-18-31(47)36(49)32(48)19-28/h13-16,18-19,22-26,33-34,38-41,43,54-55,57-58H,12,17,20-21H2,1-11H3/b50-27+,51-37+/t22-,23?,24+,25+,26-,33?,34-,38?,39+,40-,41-,43?,44-,45-/m1/s1. The summed E-state index contributed by atoms with van der Waals surface area (Å²) in [6, 6.07) is 6.41. The summed E-state index contributed by atoms with van der Waals surface area (Å²) in [6.07, 6.45) is -9.42. The van der Waals surface area contributed by atoms with Gasteiger partial charge in [0.25, 0.3) is 0 Å². The van der Waals surface area contributed by atoms with E-state index in [4.69, 9.17) is 18.9 Å². The minimum Gasteiger partial charge on any atom is -0.461 e. The molecule has 2 aliphatic rings. The Morgan fingerprint density at radius 2 is 1.56 bits per heavy atom. The quantitative estimate of drug-likeness (QED) is 0.0821. The number of carbonyl (C=O) groups excluding carboxylic acids is 2. The molecule has 14 atom stereocenters. The molecule has 0 spiro atoms. The zero-order valence-electron chi connectivity index (χ0n) is 37.3. The molecular formula is C45H63F4N3O10. The van der Waals surface area contributed by atoms with E-state index in [0.29, 0.717) is 29.8 Å². The third-order valence-electron chi connectivity index (χ3n) is 12.3. The first kappa shape index (κ1) is 50.8. The summed E-state index contributed by atoms with van der Waals surface area (Å²) in [4.78, 5) is 29.7. The predicted molar refractivity (Wildman–Crippen MR) is 222 cm³/mol. The van der Waals surface area contributed by atoms with Crippen molar-refractivity contribution < 1.29 is 66.5 Å². The van der Waals surface area contributed by atoms with E-state index in [1.54, 1.807) is 55.6 Å². The summed E-state index contributed by atoms with van der Waals surface area (Å²) in [6.45, 7) is 14.1. The maximum Gasteiger partial charge on any atom is 0.312 e. The monoisotopic (exact) mass is 881 g/mol. The number of aliphatic hydroxyl groups excluding tert-OH is 2. The first-order chi connectivity index (χ1) is 28.8. The highest BCUT2D eigenvalue weighted by Crippen LogP contribution is 2.39. The summed E-state index contributed by atoms with van der Waals surface area (Å²) >= 11 is 0. The lowest BCUT2D eigenvalue weighted by Gasteiger charge is -2.47. The van der Waals surface area contributed by atoms with Crippen LogP contribution < -0.4 is 0 Å². The number of carbonyl (C=O) groups is 2. The molecule has 0 bridgehead atoms. The Balaban J connectivity index is 1.90. The molecule has 2 saturated heterocycles. The van der Waals surface area contributed by atoms with E-state index in [9.17, 15) is 47.6 Å². The van der Waals surface area contributed by atoms with Crippen LogP contribution in [0.15, 0.2) is 46.6 Å². The minimum atomic E-state index is -2.11. The number of likely N-dealkylation sites (N-methyl/N-ethyl adjacent to an activating group) is 1. The van der Waals surface area contributed by atoms with Gasteiger partial charge in [0.15, 0.2) is 23.7 Å². The van der Waals surface area contributed by atoms with Gasteiger partial charge in [-0.05, 0) is 109 Å². The Labute approximate surface area is 361 Å². The normalized spacial score (nSPS) is 36.3. The van der Waals surface area contributed by atoms with Gasteiger partial charge in [-0.1, -0.05) is 39.8 Å². The molecule has 4 unspecified atom stereocenters. The summed E-state index contributed by atoms with van der Waals surface area (Å²) in [5.74, 6) is -11.6. The summed E-state index contributed by atoms with van der Waals surface area (Å²) < 4.78 is 80.5. The van der Waals surface area contributed by atoms with Gasteiger partial charge in [0.05, 0.1) is 42.0 Å². The van der Waals surface area contributed by atoms with Crippen molar-refractivity contribution in [2.75, 3.05) is 14.1 Å². The van der Waals surface area contributed by atoms with E-state index < -0.39 is 125 Å². The topological polar surface area (TPSA) is 180 Å². The van der Waals surface area contributed by atoms with Gasteiger partial charge in [-0.25, -0.2) is 17.6 Å². The van der Waals surface area contributed by atoms with Crippen LogP contribution in [0.5, 0.6) is 0 Å². The van der Waals surface area contributed by atoms with Gasteiger partial charge in [0.2, 0.25) is 0 Å². The summed E-state index contributed by atoms with van der Waals surface area (Å²) in [5.41, 5.74) is -3.18. The van der Waals surface area contributed by atoms with Crippen LogP contribution in [-0.2, 0) is 35.0 Å². The van der Waals surface area contributed by atoms with Crippen LogP contribution in [0.3, 0.4) is 0 Å². The van der Waals surface area contributed by atoms with E-state index in [2.05, 4.69) is 10.2 Å². The second-order valence-electron chi connectivity index (χ2n) is 17.8. The molecule has 2 aliphatic heterocycles. The van der Waals surface area contributed by atoms with Crippen molar-refractivity contribution >= 4 is 23.4 Å². The van der Waals surface area contributed by atoms with Crippen molar-refractivity contribution in [3.8, 4) is 0 Å². The maximum absolute atomic E-state index is 14.2. The second-order valence-corrected chi connectivity index (χ2v) is 17.8. The van der Waals surface area contributed by atoms with E-state index in [1.807, 2.05) is 4.90 Å². The van der Waals surface area contributed by atoms with E-state index in [0.717, 1.165) is 0 Å². The van der Waals surface area contributed by atoms with Crippen molar-refractivity contribution in [2.45, 2.75) is 148 Å². The van der Waals surface area contributed by atoms with E-state index >= 15 is 0 Å². The lowest BCUT2D eigenvalue weighted by molar-refractivity contribution is -0.299. The van der Waals surface area contributed by atoms with Gasteiger partial charge in [-0.2, -0.15) is 10.2 Å². The van der Waals surface area contributed by atoms with Gasteiger partial charge in [0.1, 0.15) is 29.7 Å². The molecule has 2 heterocycles. The Bertz CT molecular complexity index is 1910. The minimum absolute atomic E-state index is 0.0172. The fourth-order valence-electron chi connectivity index (χ4n) is 8.76. The highest BCUT2D eigenvalue weighted by atomic mass is 19.2. The number of nitrogens with zero attached hydrogens (tertiary/aromatic N) is 3. The Morgan fingerprint density at radius 3 is 2.13 bits per heavy atom. The number of esters is 2. The molecule has 0 saturated carbocycles. The van der Waals surface area contributed by atoms with Crippen LogP contribution >= 0.6 is 0 Å². The van der Waals surface area contributed by atoms with Gasteiger partial charge in [0, 0.05) is 23.6 Å². The maximum atomic E-state index is 14.2. The molecule has 0 aromatic heterocycles. The predicted octanol–water partition coefficient (Wildman–Crippen LogP) is 5.51. The Kier molecular flexibility index (Phi) is 17.0. The molecule has 0 amide bonds. The number of rotatable bonds is 9. The van der Waals surface area contributed by atoms with Crippen LogP contribution in [0.4, 0.5) is 17.6 Å². The van der Waals surface area contributed by atoms with Crippen LogP contribution in [0.1, 0.15) is 92.7 Å². The highest BCUT2D eigenvalue weighted by molar-refractivity contribution is 5.99. The zero-order valence-corrected chi connectivity index (χ0v) is 37.3. The van der Waals surface area contributed by atoms with Crippen LogP contribution in [0, 0.1) is 46.9 Å². The Morgan fingerprint density at radius 1 is 0.968 bits per heavy atom. The lowest BCUT2D eigenvalue weighted by Crippen LogP contribution is -2.60. The summed E-state index contributed by atoms with van der Waals surface area (Å²) in [7, 11) is 3.56. The summed E-state index contributed by atoms with van der Waals surface area (Å²) in [5, 5.41) is 57.1. The fraction of sp³-hybridized carbons (Fsp3) is 0.644. The SMILES string of the molecule is CC[C@H]1OC(=O)[C@H](C)[C@@H](OC(=O)Cc2cc(F)c(F)c(F)c2)[C@H](C)[C@@H](OC2OC(C)CC(N(C)C)C2O)[C@](C)(O)C[C@@H](C)/C(=N\N=C(/C)c2ccc(F)cc2)[C@H](C)[C@@H](O)[C@]1(C)O. The first-order valence-corrected chi connectivity index (χ1v) is 21.0. The number of hydrogen-bond donors (Lipinski definition) is 4. The number of aliphatic hydroxyl groups is 4. The molecule has 2 aromatic rings. The van der Waals surface area contributed by atoms with Crippen molar-refractivity contribution in [3.05, 3.63) is 70.8 Å². The van der Waals surface area contributed by atoms with E-state index in [-0.39, 0.29) is 24.1 Å². The van der Waals surface area contributed by atoms with Crippen molar-refractivity contribution in [1.82, 2.24) is 4.90 Å². The molecule has 346 valence electrons.